The maximum Gasteiger partial charge on any atom is 0.418 e. The Kier molecular flexibility index (Phi) is 15.7. The van der Waals surface area contributed by atoms with E-state index in [0.717, 1.165) is 35.1 Å². The first-order valence-corrected chi connectivity index (χ1v) is 24.3. The highest BCUT2D eigenvalue weighted by Crippen LogP contribution is 2.39. The van der Waals surface area contributed by atoms with E-state index in [1.165, 1.54) is 30.2 Å². The highest BCUT2D eigenvalue weighted by molar-refractivity contribution is 6.31. The number of rotatable bonds is 14. The topological polar surface area (TPSA) is 285 Å². The summed E-state index contributed by atoms with van der Waals surface area (Å²) in [5.74, 6) is -5.46. The average Bonchev–Trinajstić information content (AvgIpc) is 4.00. The van der Waals surface area contributed by atoms with Crippen LogP contribution in [-0.4, -0.2) is 132 Å². The molecule has 77 heavy (non-hydrogen) atoms. The SMILES string of the molecule is CC(=N)/N=C(\Nc1cc(Cl)ccc1C(F)(F)F)[C@@H]1O[C@H](CO)[C@H](O)[C@H](n2cc(-c3cc(F)c(Cl)c(F)c3)nn2)[C@H]1OCC(=O)N[C@H]1C[C@@H](Oc2ccc(C(=O)Nc3ccc4c(c3)CN(C3CCC(=O)NC3=O)C4=O)nc2)C1. The summed E-state index contributed by atoms with van der Waals surface area (Å²) in [4.78, 5) is 73.6. The maximum absolute atomic E-state index is 14.5. The van der Waals surface area contributed by atoms with Crippen molar-refractivity contribution in [3.63, 3.8) is 0 Å². The van der Waals surface area contributed by atoms with Crippen LogP contribution in [0.4, 0.5) is 33.3 Å². The number of nitrogens with one attached hydrogen (secondary N) is 5. The van der Waals surface area contributed by atoms with Gasteiger partial charge in [-0.05, 0) is 79.6 Å². The number of pyridine rings is 1. The zero-order valence-corrected chi connectivity index (χ0v) is 41.5. The number of benzene rings is 3. The Morgan fingerprint density at radius 2 is 1.78 bits per heavy atom. The summed E-state index contributed by atoms with van der Waals surface area (Å²) in [6, 6.07) is 9.33. The predicted octanol–water partition coefficient (Wildman–Crippen LogP) is 5.24. The zero-order valence-electron chi connectivity index (χ0n) is 40.0. The highest BCUT2D eigenvalue weighted by Gasteiger charge is 2.50. The first kappa shape index (κ1) is 54.3. The molecule has 3 aromatic carbocycles. The monoisotopic (exact) mass is 1110 g/mol. The van der Waals surface area contributed by atoms with Crippen molar-refractivity contribution in [2.75, 3.05) is 23.8 Å². The minimum atomic E-state index is -4.93. The van der Waals surface area contributed by atoms with Crippen molar-refractivity contribution in [3.8, 4) is 17.0 Å². The smallest absolute Gasteiger partial charge is 0.418 e. The Bertz CT molecular complexity index is 3170. The lowest BCUT2D eigenvalue weighted by molar-refractivity contribution is -0.200. The third-order valence-electron chi connectivity index (χ3n) is 13.0. The molecule has 5 heterocycles. The van der Waals surface area contributed by atoms with Gasteiger partial charge in [0, 0.05) is 53.7 Å². The second-order valence-electron chi connectivity index (χ2n) is 18.3. The van der Waals surface area contributed by atoms with Gasteiger partial charge in [0.15, 0.2) is 0 Å². The summed E-state index contributed by atoms with van der Waals surface area (Å²) < 4.78 is 91.2. The number of piperidine rings is 1. The highest BCUT2D eigenvalue weighted by atomic mass is 35.5. The average molecular weight is 1110 g/mol. The number of hydrogen-bond acceptors (Lipinski definition) is 14. The number of halogens is 7. The first-order chi connectivity index (χ1) is 36.6. The number of ether oxygens (including phenoxy) is 3. The lowest BCUT2D eigenvalue weighted by Crippen LogP contribution is -2.60. The maximum atomic E-state index is 14.5. The minimum absolute atomic E-state index is 0.0411. The quantitative estimate of drug-likeness (QED) is 0.0246. The fraction of sp³-hybridized carbons (Fsp3) is 0.347. The van der Waals surface area contributed by atoms with Crippen LogP contribution in [0.25, 0.3) is 11.3 Å². The fourth-order valence-electron chi connectivity index (χ4n) is 9.26. The Labute approximate surface area is 442 Å². The molecule has 0 radical (unpaired) electrons. The van der Waals surface area contributed by atoms with Crippen molar-refractivity contribution in [3.05, 3.63) is 117 Å². The van der Waals surface area contributed by atoms with Crippen LogP contribution in [0.1, 0.15) is 70.6 Å². The molecule has 2 aromatic heterocycles. The Balaban J connectivity index is 0.856. The van der Waals surface area contributed by atoms with Crippen molar-refractivity contribution in [2.45, 2.75) is 94.0 Å². The van der Waals surface area contributed by atoms with Gasteiger partial charge in [0.25, 0.3) is 11.8 Å². The van der Waals surface area contributed by atoms with Gasteiger partial charge in [0.1, 0.15) is 94.7 Å². The molecule has 1 aliphatic carbocycles. The number of amides is 5. The molecule has 404 valence electrons. The van der Waals surface area contributed by atoms with Crippen LogP contribution < -0.4 is 26.0 Å². The van der Waals surface area contributed by atoms with Gasteiger partial charge in [0.05, 0.1) is 30.3 Å². The molecule has 2 saturated heterocycles. The van der Waals surface area contributed by atoms with E-state index < -0.39 is 131 Å². The Hall–Kier alpha value is -7.49. The van der Waals surface area contributed by atoms with E-state index in [1.807, 2.05) is 0 Å². The number of anilines is 2. The van der Waals surface area contributed by atoms with Crippen molar-refractivity contribution in [1.29, 1.82) is 5.41 Å². The lowest BCUT2D eigenvalue weighted by atomic mass is 9.89. The third-order valence-corrected chi connectivity index (χ3v) is 13.6. The standard InChI is InChI=1S/C49H44Cl2F5N11O10/c1-21(57)59-45(62-34-13-24(50)2-6-30(34)49(54,55)56)44-43(41(42(71)37(19-68)77-44)67-18-35(64-65-67)22-11-31(52)40(51)32(53)12-22)75-20-39(70)60-26-14-28(15-26)76-27-4-7-33(58-16-27)46(72)61-25-3-5-29-23(10-25)17-66(48(29)74)36-8-9-38(69)63-47(36)73/h2-7,10-13,16,18,26,28,36-37,41-44,68,71H,8-9,14-15,17,19-20H2,1H3,(H,60,70)(H,61,72)(H2,57,59,62)(H,63,69,73)/t26-,28+,36?,37-,41+,42+,43-,44-/m1/s1. The zero-order chi connectivity index (χ0) is 55.0. The van der Waals surface area contributed by atoms with Gasteiger partial charge >= 0.3 is 6.18 Å². The van der Waals surface area contributed by atoms with Gasteiger partial charge < -0.3 is 45.3 Å². The summed E-state index contributed by atoms with van der Waals surface area (Å²) >= 11 is 11.8. The second-order valence-corrected chi connectivity index (χ2v) is 19.2. The van der Waals surface area contributed by atoms with Crippen LogP contribution in [0, 0.1) is 17.0 Å². The van der Waals surface area contributed by atoms with Crippen LogP contribution in [0.2, 0.25) is 10.0 Å². The molecule has 7 N–H and O–H groups in total. The summed E-state index contributed by atoms with van der Waals surface area (Å²) in [7, 11) is 0. The predicted molar refractivity (Wildman–Crippen MR) is 262 cm³/mol. The number of imide groups is 1. The van der Waals surface area contributed by atoms with E-state index in [9.17, 15) is 56.1 Å². The van der Waals surface area contributed by atoms with E-state index in [0.29, 0.717) is 41.5 Å². The van der Waals surface area contributed by atoms with Crippen LogP contribution in [-0.2, 0) is 36.6 Å². The van der Waals surface area contributed by atoms with Crippen LogP contribution >= 0.6 is 23.2 Å². The van der Waals surface area contributed by atoms with E-state index in [2.05, 4.69) is 41.6 Å². The molecule has 3 aliphatic heterocycles. The number of alkyl halides is 3. The van der Waals surface area contributed by atoms with Gasteiger partial charge in [0.2, 0.25) is 17.7 Å². The number of hydrogen-bond donors (Lipinski definition) is 7. The molecule has 4 aliphatic rings. The van der Waals surface area contributed by atoms with Crippen molar-refractivity contribution in [2.24, 2.45) is 4.99 Å². The molecule has 21 nitrogen and oxygen atoms in total. The number of aliphatic imine (C=N–C) groups is 1. The molecular weight excluding hydrogens is 1070 g/mol. The number of carbonyl (C=O) groups excluding carboxylic acids is 5. The molecule has 0 spiro atoms. The molecule has 9 rings (SSSR count). The lowest BCUT2D eigenvalue weighted by Gasteiger charge is -2.44. The second kappa shape index (κ2) is 22.2. The molecule has 5 aromatic rings. The van der Waals surface area contributed by atoms with Gasteiger partial charge in [-0.15, -0.1) is 5.10 Å². The van der Waals surface area contributed by atoms with Crippen molar-refractivity contribution >= 4 is 75.8 Å². The number of amidine groups is 2. The number of aromatic nitrogens is 4. The molecule has 5 amide bonds. The fourth-order valence-corrected chi connectivity index (χ4v) is 9.54. The molecule has 1 unspecified atom stereocenters. The molecule has 6 atom stereocenters. The number of nitrogens with zero attached hydrogens (tertiary/aromatic N) is 6. The van der Waals surface area contributed by atoms with E-state index in [-0.39, 0.29) is 47.3 Å². The third kappa shape index (κ3) is 11.9. The molecule has 3 fully saturated rings. The van der Waals surface area contributed by atoms with Crippen LogP contribution in [0.3, 0.4) is 0 Å². The number of fused-ring (bicyclic) bond motifs is 1. The van der Waals surface area contributed by atoms with Gasteiger partial charge in [-0.25, -0.2) is 23.4 Å². The van der Waals surface area contributed by atoms with E-state index >= 15 is 0 Å². The summed E-state index contributed by atoms with van der Waals surface area (Å²) in [6.07, 6.45) is -8.60. The van der Waals surface area contributed by atoms with Gasteiger partial charge in [-0.2, -0.15) is 13.2 Å². The summed E-state index contributed by atoms with van der Waals surface area (Å²) in [5.41, 5.74) is -0.713. The molecule has 0 bridgehead atoms. The summed E-state index contributed by atoms with van der Waals surface area (Å²) in [6.45, 7) is -0.358. The van der Waals surface area contributed by atoms with E-state index in [4.69, 9.17) is 42.8 Å². The normalized spacial score (nSPS) is 23.4. The van der Waals surface area contributed by atoms with Gasteiger partial charge in [-0.3, -0.25) is 34.7 Å². The van der Waals surface area contributed by atoms with Crippen molar-refractivity contribution < 1.29 is 70.3 Å². The number of aliphatic hydroxyl groups excluding tert-OH is 2. The largest absolute Gasteiger partial charge is 0.489 e. The van der Waals surface area contributed by atoms with Gasteiger partial charge in [-0.1, -0.05) is 28.4 Å². The molecule has 1 saturated carbocycles. The number of aliphatic hydroxyl groups is 2. The van der Waals surface area contributed by atoms with Crippen LogP contribution in [0.5, 0.6) is 5.75 Å². The number of carbonyl (C=O) groups is 5. The first-order valence-electron chi connectivity index (χ1n) is 23.5. The van der Waals surface area contributed by atoms with Crippen LogP contribution in [0.15, 0.2) is 78.0 Å². The van der Waals surface area contributed by atoms with E-state index in [1.54, 1.807) is 18.2 Å². The Morgan fingerprint density at radius 3 is 2.45 bits per heavy atom. The minimum Gasteiger partial charge on any atom is -0.489 e. The molecular formula is C49H44Cl2F5N11O10. The summed E-state index contributed by atoms with van der Waals surface area (Å²) in [5, 5.41) is 47.7. The molecule has 28 heteroatoms. The Morgan fingerprint density at radius 1 is 1.03 bits per heavy atom. The van der Waals surface area contributed by atoms with Crippen molar-refractivity contribution in [1.82, 2.24) is 35.5 Å².